The Morgan fingerprint density at radius 2 is 1.73 bits per heavy atom. The van der Waals surface area contributed by atoms with E-state index in [1.165, 1.54) is 25.7 Å². The van der Waals surface area contributed by atoms with E-state index >= 15 is 0 Å². The standard InChI is InChI=1S/C13H24FN/c1-10(2)11-3-5-13(6-4-11)15-8-7-12(14)9-15/h10-13H,3-9H2,1-2H3/t11?,12-,13?/m0/s1. The van der Waals surface area contributed by atoms with Crippen LogP contribution in [0.15, 0.2) is 0 Å². The Morgan fingerprint density at radius 1 is 1.07 bits per heavy atom. The number of rotatable bonds is 2. The molecular formula is C13H24FN. The fraction of sp³-hybridized carbons (Fsp3) is 1.00. The molecule has 0 bridgehead atoms. The predicted molar refractivity (Wildman–Crippen MR) is 61.7 cm³/mol. The topological polar surface area (TPSA) is 3.24 Å². The normalized spacial score (nSPS) is 38.8. The third-order valence-corrected chi connectivity index (χ3v) is 4.36. The van der Waals surface area contributed by atoms with Gasteiger partial charge in [-0.15, -0.1) is 0 Å². The molecule has 0 radical (unpaired) electrons. The summed E-state index contributed by atoms with van der Waals surface area (Å²) in [7, 11) is 0. The van der Waals surface area contributed by atoms with Crippen LogP contribution in [-0.4, -0.2) is 30.2 Å². The summed E-state index contributed by atoms with van der Waals surface area (Å²) < 4.78 is 13.1. The van der Waals surface area contributed by atoms with E-state index in [0.29, 0.717) is 12.6 Å². The highest BCUT2D eigenvalue weighted by Gasteiger charge is 2.31. The minimum atomic E-state index is -0.548. The fourth-order valence-electron chi connectivity index (χ4n) is 3.21. The maximum Gasteiger partial charge on any atom is 0.114 e. The quantitative estimate of drug-likeness (QED) is 0.680. The molecular weight excluding hydrogens is 189 g/mol. The van der Waals surface area contributed by atoms with Gasteiger partial charge in [-0.3, -0.25) is 4.90 Å². The molecule has 1 saturated heterocycles. The average Bonchev–Trinajstić information content (AvgIpc) is 2.65. The zero-order valence-electron chi connectivity index (χ0n) is 10.1. The second-order valence-corrected chi connectivity index (χ2v) is 5.69. The van der Waals surface area contributed by atoms with Crippen molar-refractivity contribution in [3.63, 3.8) is 0 Å². The van der Waals surface area contributed by atoms with Gasteiger partial charge in [0.05, 0.1) is 0 Å². The number of hydrogen-bond acceptors (Lipinski definition) is 1. The van der Waals surface area contributed by atoms with Gasteiger partial charge in [-0.1, -0.05) is 13.8 Å². The first kappa shape index (κ1) is 11.4. The summed E-state index contributed by atoms with van der Waals surface area (Å²) in [5, 5.41) is 0. The van der Waals surface area contributed by atoms with Crippen LogP contribution in [0.3, 0.4) is 0 Å². The lowest BCUT2D eigenvalue weighted by Crippen LogP contribution is -2.37. The maximum absolute atomic E-state index is 13.1. The lowest BCUT2D eigenvalue weighted by Gasteiger charge is -2.35. The molecule has 0 unspecified atom stereocenters. The Bertz CT molecular complexity index is 197. The molecule has 1 atom stereocenters. The van der Waals surface area contributed by atoms with Crippen LogP contribution < -0.4 is 0 Å². The number of likely N-dealkylation sites (tertiary alicyclic amines) is 1. The summed E-state index contributed by atoms with van der Waals surface area (Å²) in [5.74, 6) is 1.75. The number of nitrogens with zero attached hydrogens (tertiary/aromatic N) is 1. The SMILES string of the molecule is CC(C)C1CCC(N2CC[C@H](F)C2)CC1. The van der Waals surface area contributed by atoms with Gasteiger partial charge in [0, 0.05) is 19.1 Å². The van der Waals surface area contributed by atoms with Gasteiger partial charge in [0.15, 0.2) is 0 Å². The fourth-order valence-corrected chi connectivity index (χ4v) is 3.21. The van der Waals surface area contributed by atoms with Crippen LogP contribution in [0.1, 0.15) is 46.0 Å². The van der Waals surface area contributed by atoms with Crippen LogP contribution in [0.4, 0.5) is 4.39 Å². The Balaban J connectivity index is 1.78. The van der Waals surface area contributed by atoms with Crippen LogP contribution in [-0.2, 0) is 0 Å². The van der Waals surface area contributed by atoms with Gasteiger partial charge in [0.25, 0.3) is 0 Å². The highest BCUT2D eigenvalue weighted by atomic mass is 19.1. The molecule has 1 saturated carbocycles. The zero-order chi connectivity index (χ0) is 10.8. The van der Waals surface area contributed by atoms with Crippen molar-refractivity contribution < 1.29 is 4.39 Å². The number of alkyl halides is 1. The molecule has 1 aliphatic heterocycles. The Morgan fingerprint density at radius 3 is 2.20 bits per heavy atom. The van der Waals surface area contributed by atoms with Crippen molar-refractivity contribution in [1.82, 2.24) is 4.90 Å². The summed E-state index contributed by atoms with van der Waals surface area (Å²) in [5.41, 5.74) is 0. The van der Waals surface area contributed by atoms with Crippen molar-refractivity contribution in [2.45, 2.75) is 58.2 Å². The molecule has 0 aromatic heterocycles. The van der Waals surface area contributed by atoms with Crippen LogP contribution in [0, 0.1) is 11.8 Å². The first-order valence-corrected chi connectivity index (χ1v) is 6.55. The van der Waals surface area contributed by atoms with Crippen molar-refractivity contribution in [3.05, 3.63) is 0 Å². The number of hydrogen-bond donors (Lipinski definition) is 0. The smallest absolute Gasteiger partial charge is 0.114 e. The molecule has 0 aromatic rings. The van der Waals surface area contributed by atoms with Crippen molar-refractivity contribution >= 4 is 0 Å². The van der Waals surface area contributed by atoms with Crippen LogP contribution in [0.25, 0.3) is 0 Å². The number of halogens is 1. The third-order valence-electron chi connectivity index (χ3n) is 4.36. The second kappa shape index (κ2) is 4.82. The first-order chi connectivity index (χ1) is 7.16. The zero-order valence-corrected chi connectivity index (χ0v) is 10.1. The van der Waals surface area contributed by atoms with Gasteiger partial charge < -0.3 is 0 Å². The molecule has 1 heterocycles. The molecule has 0 aromatic carbocycles. The molecule has 0 amide bonds. The third kappa shape index (κ3) is 2.72. The van der Waals surface area contributed by atoms with Gasteiger partial charge in [-0.05, 0) is 43.9 Å². The van der Waals surface area contributed by atoms with E-state index in [0.717, 1.165) is 24.8 Å². The molecule has 2 rings (SSSR count). The van der Waals surface area contributed by atoms with Crippen LogP contribution in [0.5, 0.6) is 0 Å². The Labute approximate surface area is 93.0 Å². The lowest BCUT2D eigenvalue weighted by atomic mass is 9.79. The van der Waals surface area contributed by atoms with Gasteiger partial charge >= 0.3 is 0 Å². The van der Waals surface area contributed by atoms with Crippen molar-refractivity contribution in [2.24, 2.45) is 11.8 Å². The van der Waals surface area contributed by atoms with Crippen molar-refractivity contribution in [2.75, 3.05) is 13.1 Å². The van der Waals surface area contributed by atoms with E-state index in [2.05, 4.69) is 18.7 Å². The molecule has 0 spiro atoms. The predicted octanol–water partition coefficient (Wildman–Crippen LogP) is 3.25. The van der Waals surface area contributed by atoms with Gasteiger partial charge in [0.1, 0.15) is 6.17 Å². The molecule has 88 valence electrons. The van der Waals surface area contributed by atoms with E-state index in [9.17, 15) is 4.39 Å². The largest absolute Gasteiger partial charge is 0.297 e. The monoisotopic (exact) mass is 213 g/mol. The first-order valence-electron chi connectivity index (χ1n) is 6.55. The van der Waals surface area contributed by atoms with Crippen molar-refractivity contribution in [1.29, 1.82) is 0 Å². The van der Waals surface area contributed by atoms with Gasteiger partial charge in [-0.25, -0.2) is 4.39 Å². The Hall–Kier alpha value is -0.110. The van der Waals surface area contributed by atoms with E-state index in [1.54, 1.807) is 0 Å². The van der Waals surface area contributed by atoms with Gasteiger partial charge in [0.2, 0.25) is 0 Å². The van der Waals surface area contributed by atoms with Gasteiger partial charge in [-0.2, -0.15) is 0 Å². The van der Waals surface area contributed by atoms with Crippen LogP contribution >= 0.6 is 0 Å². The van der Waals surface area contributed by atoms with E-state index in [1.807, 2.05) is 0 Å². The van der Waals surface area contributed by atoms with E-state index < -0.39 is 6.17 Å². The summed E-state index contributed by atoms with van der Waals surface area (Å²) in [4.78, 5) is 2.39. The summed E-state index contributed by atoms with van der Waals surface area (Å²) >= 11 is 0. The highest BCUT2D eigenvalue weighted by Crippen LogP contribution is 2.33. The average molecular weight is 213 g/mol. The highest BCUT2D eigenvalue weighted by molar-refractivity contribution is 4.85. The molecule has 2 aliphatic rings. The summed E-state index contributed by atoms with van der Waals surface area (Å²) in [6, 6.07) is 0.695. The summed E-state index contributed by atoms with van der Waals surface area (Å²) in [6.07, 6.45) is 5.54. The molecule has 0 N–H and O–H groups in total. The Kier molecular flexibility index (Phi) is 3.65. The van der Waals surface area contributed by atoms with Crippen LogP contribution in [0.2, 0.25) is 0 Å². The molecule has 2 fully saturated rings. The molecule has 2 heteroatoms. The molecule has 1 nitrogen and oxygen atoms in total. The minimum Gasteiger partial charge on any atom is -0.297 e. The minimum absolute atomic E-state index is 0.548. The second-order valence-electron chi connectivity index (χ2n) is 5.69. The summed E-state index contributed by atoms with van der Waals surface area (Å²) in [6.45, 7) is 6.37. The lowest BCUT2D eigenvalue weighted by molar-refractivity contribution is 0.139. The molecule has 15 heavy (non-hydrogen) atoms. The molecule has 1 aliphatic carbocycles. The maximum atomic E-state index is 13.1. The van der Waals surface area contributed by atoms with E-state index in [-0.39, 0.29) is 0 Å². The van der Waals surface area contributed by atoms with Crippen molar-refractivity contribution in [3.8, 4) is 0 Å². The van der Waals surface area contributed by atoms with E-state index in [4.69, 9.17) is 0 Å².